The quantitative estimate of drug-likeness (QED) is 0.589. The average Bonchev–Trinajstić information content (AvgIpc) is 3.02. The van der Waals surface area contributed by atoms with Crippen LogP contribution in [0.25, 0.3) is 0 Å². The van der Waals surface area contributed by atoms with E-state index in [1.807, 2.05) is 13.8 Å². The molecule has 0 saturated carbocycles. The number of carbonyl (C=O) groups excluding carboxylic acids is 2. The number of aromatic nitrogens is 2. The summed E-state index contributed by atoms with van der Waals surface area (Å²) in [5, 5.41) is 20.2. The molecule has 0 unspecified atom stereocenters. The number of anilines is 1. The minimum Gasteiger partial charge on any atom is -0.351 e. The van der Waals surface area contributed by atoms with Crippen LogP contribution in [0.2, 0.25) is 0 Å². The van der Waals surface area contributed by atoms with Crippen molar-refractivity contribution in [1.82, 2.24) is 15.1 Å². The van der Waals surface area contributed by atoms with Crippen LogP contribution in [0, 0.1) is 10.1 Å². The standard InChI is InChI=1S/C16H19N5O4/c1-3-9-17-16(23)14-13(10-20(4-2)19-14)18-15(22)11-5-7-12(8-6-11)21(24)25/h5-8,10H,3-4,9H2,1-2H3,(H,17,23)(H,18,22). The molecule has 0 saturated heterocycles. The van der Waals surface area contributed by atoms with Gasteiger partial charge in [-0.2, -0.15) is 5.10 Å². The van der Waals surface area contributed by atoms with Gasteiger partial charge in [-0.25, -0.2) is 0 Å². The Morgan fingerprint density at radius 3 is 2.44 bits per heavy atom. The smallest absolute Gasteiger partial charge is 0.273 e. The number of rotatable bonds is 7. The van der Waals surface area contributed by atoms with Crippen LogP contribution < -0.4 is 10.6 Å². The van der Waals surface area contributed by atoms with E-state index in [2.05, 4.69) is 15.7 Å². The summed E-state index contributed by atoms with van der Waals surface area (Å²) in [5.74, 6) is -0.844. The van der Waals surface area contributed by atoms with Crippen LogP contribution in [0.5, 0.6) is 0 Å². The van der Waals surface area contributed by atoms with Gasteiger partial charge in [0.2, 0.25) is 0 Å². The number of nitro groups is 1. The van der Waals surface area contributed by atoms with Crippen molar-refractivity contribution in [3.63, 3.8) is 0 Å². The molecule has 0 radical (unpaired) electrons. The van der Waals surface area contributed by atoms with Crippen LogP contribution >= 0.6 is 0 Å². The zero-order valence-electron chi connectivity index (χ0n) is 14.0. The molecule has 1 aromatic heterocycles. The summed E-state index contributed by atoms with van der Waals surface area (Å²) >= 11 is 0. The Labute approximate surface area is 144 Å². The molecule has 2 aromatic rings. The highest BCUT2D eigenvalue weighted by Crippen LogP contribution is 2.17. The fraction of sp³-hybridized carbons (Fsp3) is 0.312. The van der Waals surface area contributed by atoms with Crippen molar-refractivity contribution in [2.24, 2.45) is 0 Å². The van der Waals surface area contributed by atoms with Crippen molar-refractivity contribution in [1.29, 1.82) is 0 Å². The molecule has 25 heavy (non-hydrogen) atoms. The molecule has 1 heterocycles. The van der Waals surface area contributed by atoms with Gasteiger partial charge in [-0.3, -0.25) is 24.4 Å². The topological polar surface area (TPSA) is 119 Å². The van der Waals surface area contributed by atoms with Crippen LogP contribution in [0.15, 0.2) is 30.5 Å². The monoisotopic (exact) mass is 345 g/mol. The molecule has 0 aliphatic rings. The second kappa shape index (κ2) is 8.04. The Kier molecular flexibility index (Phi) is 5.83. The summed E-state index contributed by atoms with van der Waals surface area (Å²) in [7, 11) is 0. The van der Waals surface area contributed by atoms with Crippen LogP contribution in [0.1, 0.15) is 41.1 Å². The van der Waals surface area contributed by atoms with Crippen LogP contribution in [-0.4, -0.2) is 33.1 Å². The van der Waals surface area contributed by atoms with E-state index in [-0.39, 0.29) is 22.9 Å². The largest absolute Gasteiger partial charge is 0.351 e. The third-order valence-electron chi connectivity index (χ3n) is 3.42. The van der Waals surface area contributed by atoms with Crippen molar-refractivity contribution in [2.45, 2.75) is 26.8 Å². The molecule has 0 aliphatic heterocycles. The number of nitrogens with one attached hydrogen (secondary N) is 2. The predicted octanol–water partition coefficient (Wildman–Crippen LogP) is 2.20. The van der Waals surface area contributed by atoms with Crippen LogP contribution in [0.3, 0.4) is 0 Å². The van der Waals surface area contributed by atoms with Crippen molar-refractivity contribution < 1.29 is 14.5 Å². The van der Waals surface area contributed by atoms with Crippen LogP contribution in [-0.2, 0) is 6.54 Å². The van der Waals surface area contributed by atoms with E-state index in [0.29, 0.717) is 18.8 Å². The van der Waals surface area contributed by atoms with Gasteiger partial charge in [-0.15, -0.1) is 0 Å². The molecular formula is C16H19N5O4. The van der Waals surface area contributed by atoms with E-state index >= 15 is 0 Å². The van der Waals surface area contributed by atoms with E-state index < -0.39 is 10.8 Å². The molecule has 9 heteroatoms. The van der Waals surface area contributed by atoms with Crippen molar-refractivity contribution >= 4 is 23.2 Å². The first kappa shape index (κ1) is 18.1. The number of amides is 2. The number of non-ortho nitro benzene ring substituents is 1. The molecule has 9 nitrogen and oxygen atoms in total. The molecule has 0 atom stereocenters. The first-order valence-electron chi connectivity index (χ1n) is 7.87. The number of benzene rings is 1. The third-order valence-corrected chi connectivity index (χ3v) is 3.42. The molecule has 2 N–H and O–H groups in total. The van der Waals surface area contributed by atoms with Crippen LogP contribution in [0.4, 0.5) is 11.4 Å². The van der Waals surface area contributed by atoms with Crippen molar-refractivity contribution in [3.8, 4) is 0 Å². The number of nitrogens with zero attached hydrogens (tertiary/aromatic N) is 3. The van der Waals surface area contributed by atoms with Gasteiger partial charge in [-0.1, -0.05) is 6.92 Å². The summed E-state index contributed by atoms with van der Waals surface area (Å²) in [6.45, 7) is 4.85. The fourth-order valence-corrected chi connectivity index (χ4v) is 2.09. The summed E-state index contributed by atoms with van der Waals surface area (Å²) in [5.41, 5.74) is 0.564. The lowest BCUT2D eigenvalue weighted by Gasteiger charge is -2.06. The maximum absolute atomic E-state index is 12.3. The predicted molar refractivity (Wildman–Crippen MR) is 91.6 cm³/mol. The van der Waals surface area contributed by atoms with Gasteiger partial charge < -0.3 is 10.6 Å². The van der Waals surface area contributed by atoms with E-state index in [1.165, 1.54) is 24.3 Å². The Morgan fingerprint density at radius 2 is 1.88 bits per heavy atom. The maximum Gasteiger partial charge on any atom is 0.273 e. The SMILES string of the molecule is CCCNC(=O)c1nn(CC)cc1NC(=O)c1ccc([N+](=O)[O-])cc1. The van der Waals surface area contributed by atoms with Gasteiger partial charge in [0.1, 0.15) is 0 Å². The van der Waals surface area contributed by atoms with E-state index in [1.54, 1.807) is 10.9 Å². The highest BCUT2D eigenvalue weighted by atomic mass is 16.6. The van der Waals surface area contributed by atoms with Gasteiger partial charge in [0, 0.05) is 37.0 Å². The Balaban J connectivity index is 2.20. The molecular weight excluding hydrogens is 326 g/mol. The lowest BCUT2D eigenvalue weighted by Crippen LogP contribution is -2.26. The second-order valence-electron chi connectivity index (χ2n) is 5.26. The zero-order valence-corrected chi connectivity index (χ0v) is 14.0. The highest BCUT2D eigenvalue weighted by molar-refractivity contribution is 6.08. The third kappa shape index (κ3) is 4.40. The molecule has 0 bridgehead atoms. The molecule has 2 rings (SSSR count). The lowest BCUT2D eigenvalue weighted by atomic mass is 10.2. The van der Waals surface area contributed by atoms with Crippen molar-refractivity contribution in [2.75, 3.05) is 11.9 Å². The van der Waals surface area contributed by atoms with E-state index in [4.69, 9.17) is 0 Å². The minimum absolute atomic E-state index is 0.102. The van der Waals surface area contributed by atoms with E-state index in [0.717, 1.165) is 6.42 Å². The lowest BCUT2D eigenvalue weighted by molar-refractivity contribution is -0.384. The van der Waals surface area contributed by atoms with Gasteiger partial charge in [0.05, 0.1) is 10.6 Å². The normalized spacial score (nSPS) is 10.3. The molecule has 132 valence electrons. The number of carbonyl (C=O) groups is 2. The fourth-order valence-electron chi connectivity index (χ4n) is 2.09. The number of aryl methyl sites for hydroxylation is 1. The zero-order chi connectivity index (χ0) is 18.4. The van der Waals surface area contributed by atoms with Gasteiger partial charge >= 0.3 is 0 Å². The second-order valence-corrected chi connectivity index (χ2v) is 5.26. The first-order chi connectivity index (χ1) is 12.0. The summed E-state index contributed by atoms with van der Waals surface area (Å²) < 4.78 is 1.55. The molecule has 0 spiro atoms. The Morgan fingerprint density at radius 1 is 1.20 bits per heavy atom. The summed E-state index contributed by atoms with van der Waals surface area (Å²) in [4.78, 5) is 34.6. The van der Waals surface area contributed by atoms with Crippen molar-refractivity contribution in [3.05, 3.63) is 51.8 Å². The minimum atomic E-state index is -0.539. The number of nitro benzene ring substituents is 1. The Bertz CT molecular complexity index is 782. The Hall–Kier alpha value is -3.23. The number of hydrogen-bond donors (Lipinski definition) is 2. The molecule has 0 fully saturated rings. The average molecular weight is 345 g/mol. The maximum atomic E-state index is 12.3. The molecule has 2 amide bonds. The van der Waals surface area contributed by atoms with Gasteiger partial charge in [0.15, 0.2) is 5.69 Å². The van der Waals surface area contributed by atoms with Gasteiger partial charge in [-0.05, 0) is 25.5 Å². The summed E-state index contributed by atoms with van der Waals surface area (Å²) in [6.07, 6.45) is 2.36. The van der Waals surface area contributed by atoms with E-state index in [9.17, 15) is 19.7 Å². The summed E-state index contributed by atoms with van der Waals surface area (Å²) in [6, 6.07) is 5.21. The highest BCUT2D eigenvalue weighted by Gasteiger charge is 2.19. The number of hydrogen-bond acceptors (Lipinski definition) is 5. The van der Waals surface area contributed by atoms with Gasteiger partial charge in [0.25, 0.3) is 17.5 Å². The molecule has 0 aliphatic carbocycles. The molecule has 1 aromatic carbocycles. The first-order valence-corrected chi connectivity index (χ1v) is 7.87.